The van der Waals surface area contributed by atoms with Gasteiger partial charge in [0.1, 0.15) is 0 Å². The monoisotopic (exact) mass is 173 g/mol. The average molecular weight is 173 g/mol. The summed E-state index contributed by atoms with van der Waals surface area (Å²) in [6.07, 6.45) is 9.13. The molecule has 5 aliphatic rings. The quantitative estimate of drug-likeness (QED) is 0.424. The third-order valence-corrected chi connectivity index (χ3v) is 4.13. The summed E-state index contributed by atoms with van der Waals surface area (Å²) in [5, 5.41) is 3.06. The van der Waals surface area contributed by atoms with Crippen molar-refractivity contribution in [1.29, 1.82) is 0 Å². The molecule has 2 nitrogen and oxygen atoms in total. The van der Waals surface area contributed by atoms with Crippen molar-refractivity contribution in [1.82, 2.24) is 5.32 Å². The maximum absolute atomic E-state index is 11.4. The maximum atomic E-state index is 11.4. The van der Waals surface area contributed by atoms with E-state index in [2.05, 4.69) is 29.6 Å². The van der Waals surface area contributed by atoms with Gasteiger partial charge >= 0.3 is 0 Å². The molecule has 0 aromatic carbocycles. The van der Waals surface area contributed by atoms with Crippen molar-refractivity contribution in [3.63, 3.8) is 0 Å². The highest BCUT2D eigenvalue weighted by atomic mass is 16.2. The molecule has 1 N–H and O–H groups in total. The Bertz CT molecular complexity index is 337. The lowest BCUT2D eigenvalue weighted by atomic mass is 9.78. The van der Waals surface area contributed by atoms with Gasteiger partial charge in [-0.3, -0.25) is 4.79 Å². The molecule has 1 amide bonds. The number of amides is 1. The zero-order valence-corrected chi connectivity index (χ0v) is 7.18. The first-order valence-corrected chi connectivity index (χ1v) is 5.03. The van der Waals surface area contributed by atoms with Crippen LogP contribution in [0.15, 0.2) is 24.3 Å². The van der Waals surface area contributed by atoms with Crippen LogP contribution in [0.25, 0.3) is 0 Å². The van der Waals surface area contributed by atoms with Gasteiger partial charge in [0.2, 0.25) is 5.91 Å². The van der Waals surface area contributed by atoms with E-state index in [4.69, 9.17) is 0 Å². The van der Waals surface area contributed by atoms with Gasteiger partial charge in [-0.05, 0) is 17.8 Å². The SMILES string of the molecule is O=C1N[C@@H]2C3[C@H]4C=CC(C=C[C@@H]34)[C@H]12. The van der Waals surface area contributed by atoms with Gasteiger partial charge in [0.15, 0.2) is 0 Å². The van der Waals surface area contributed by atoms with E-state index in [0.717, 1.165) is 17.8 Å². The molecule has 2 fully saturated rings. The molecule has 0 spiro atoms. The minimum Gasteiger partial charge on any atom is -0.352 e. The van der Waals surface area contributed by atoms with Gasteiger partial charge in [0.25, 0.3) is 0 Å². The second-order valence-electron chi connectivity index (χ2n) is 4.64. The lowest BCUT2D eigenvalue weighted by molar-refractivity contribution is -0.136. The van der Waals surface area contributed by atoms with Gasteiger partial charge in [0, 0.05) is 12.0 Å². The summed E-state index contributed by atoms with van der Waals surface area (Å²) in [5.41, 5.74) is 0. The van der Waals surface area contributed by atoms with Gasteiger partial charge in [-0.15, -0.1) is 0 Å². The molecule has 2 heteroatoms. The third-order valence-electron chi connectivity index (χ3n) is 4.13. The van der Waals surface area contributed by atoms with E-state index < -0.39 is 0 Å². The summed E-state index contributed by atoms with van der Waals surface area (Å²) in [6.45, 7) is 0. The van der Waals surface area contributed by atoms with Crippen molar-refractivity contribution < 1.29 is 4.79 Å². The largest absolute Gasteiger partial charge is 0.352 e. The second kappa shape index (κ2) is 1.74. The highest BCUT2D eigenvalue weighted by Gasteiger charge is 2.62. The molecule has 6 atom stereocenters. The minimum absolute atomic E-state index is 0.259. The van der Waals surface area contributed by atoms with Crippen LogP contribution in [0.2, 0.25) is 0 Å². The Hall–Kier alpha value is -1.05. The van der Waals surface area contributed by atoms with Crippen LogP contribution in [0, 0.1) is 29.6 Å². The highest BCUT2D eigenvalue weighted by molar-refractivity contribution is 5.87. The van der Waals surface area contributed by atoms with Crippen LogP contribution in [0.3, 0.4) is 0 Å². The molecular formula is C11H11NO. The van der Waals surface area contributed by atoms with Gasteiger partial charge in [-0.1, -0.05) is 24.3 Å². The Labute approximate surface area is 76.7 Å². The van der Waals surface area contributed by atoms with Crippen LogP contribution in [0.1, 0.15) is 0 Å². The smallest absolute Gasteiger partial charge is 0.226 e. The first kappa shape index (κ1) is 6.41. The van der Waals surface area contributed by atoms with E-state index in [0.29, 0.717) is 12.0 Å². The summed E-state index contributed by atoms with van der Waals surface area (Å²) < 4.78 is 0. The second-order valence-corrected chi connectivity index (χ2v) is 4.64. The van der Waals surface area contributed by atoms with Gasteiger partial charge < -0.3 is 5.32 Å². The summed E-state index contributed by atoms with van der Waals surface area (Å²) in [4.78, 5) is 11.4. The van der Waals surface area contributed by atoms with Crippen molar-refractivity contribution in [2.75, 3.05) is 0 Å². The summed E-state index contributed by atoms with van der Waals surface area (Å²) in [6, 6.07) is 0.484. The Morgan fingerprint density at radius 3 is 2.38 bits per heavy atom. The number of allylic oxidation sites excluding steroid dienone is 4. The Balaban J connectivity index is 1.87. The molecule has 4 bridgehead atoms. The van der Waals surface area contributed by atoms with Crippen LogP contribution >= 0.6 is 0 Å². The highest BCUT2D eigenvalue weighted by Crippen LogP contribution is 2.58. The van der Waals surface area contributed by atoms with Crippen molar-refractivity contribution in [2.24, 2.45) is 29.6 Å². The van der Waals surface area contributed by atoms with Gasteiger partial charge in [-0.25, -0.2) is 0 Å². The molecule has 1 saturated heterocycles. The maximum Gasteiger partial charge on any atom is 0.226 e. The van der Waals surface area contributed by atoms with E-state index >= 15 is 0 Å². The molecule has 4 aliphatic carbocycles. The molecule has 1 saturated carbocycles. The number of rotatable bonds is 0. The summed E-state index contributed by atoms with van der Waals surface area (Å²) >= 11 is 0. The fourth-order valence-corrected chi connectivity index (χ4v) is 3.36. The van der Waals surface area contributed by atoms with Gasteiger partial charge in [0.05, 0.1) is 5.92 Å². The molecule has 0 aromatic rings. The Morgan fingerprint density at radius 2 is 1.77 bits per heavy atom. The lowest BCUT2D eigenvalue weighted by Crippen LogP contribution is -2.61. The normalized spacial score (nSPS) is 58.9. The van der Waals surface area contributed by atoms with E-state index in [1.54, 1.807) is 0 Å². The van der Waals surface area contributed by atoms with Crippen molar-refractivity contribution >= 4 is 5.91 Å². The van der Waals surface area contributed by atoms with Crippen LogP contribution in [0.4, 0.5) is 0 Å². The van der Waals surface area contributed by atoms with E-state index in [1.807, 2.05) is 0 Å². The number of β-lactam (4-membered cyclic amide) rings is 1. The van der Waals surface area contributed by atoms with Crippen LogP contribution < -0.4 is 5.32 Å². The predicted octanol–water partition coefficient (Wildman–Crippen LogP) is 0.719. The number of nitrogens with one attached hydrogen (secondary N) is 1. The number of carbonyl (C=O) groups excluding carboxylic acids is 1. The first-order valence-electron chi connectivity index (χ1n) is 5.03. The third kappa shape index (κ3) is 0.578. The van der Waals surface area contributed by atoms with Crippen molar-refractivity contribution in [3.05, 3.63) is 24.3 Å². The standard InChI is InChI=1S/C11H11NO/c13-11-8-5-1-3-6-7(4-2-5)9(6)10(8)12-11/h1-10H,(H,12,13)/t5?,6-,7+,8-,9?,10-/m0/s1. The summed E-state index contributed by atoms with van der Waals surface area (Å²) in [5.74, 6) is 3.10. The number of hydrogen-bond donors (Lipinski definition) is 1. The predicted molar refractivity (Wildman–Crippen MR) is 47.7 cm³/mol. The molecule has 13 heavy (non-hydrogen) atoms. The lowest BCUT2D eigenvalue weighted by Gasteiger charge is -2.39. The molecule has 1 aliphatic heterocycles. The molecular weight excluding hydrogens is 162 g/mol. The average Bonchev–Trinajstić information content (AvgIpc) is 2.79. The van der Waals surface area contributed by atoms with Crippen molar-refractivity contribution in [2.45, 2.75) is 6.04 Å². The molecule has 5 rings (SSSR count). The van der Waals surface area contributed by atoms with Crippen LogP contribution in [0.5, 0.6) is 0 Å². The Kier molecular flexibility index (Phi) is 0.859. The van der Waals surface area contributed by atoms with E-state index in [-0.39, 0.29) is 11.8 Å². The summed E-state index contributed by atoms with van der Waals surface area (Å²) in [7, 11) is 0. The van der Waals surface area contributed by atoms with Gasteiger partial charge in [-0.2, -0.15) is 0 Å². The zero-order valence-electron chi connectivity index (χ0n) is 7.18. The minimum atomic E-state index is 0.259. The molecule has 1 heterocycles. The zero-order chi connectivity index (χ0) is 8.58. The Morgan fingerprint density at radius 1 is 1.08 bits per heavy atom. The van der Waals surface area contributed by atoms with E-state index in [1.165, 1.54) is 0 Å². The topological polar surface area (TPSA) is 29.1 Å². The van der Waals surface area contributed by atoms with Crippen LogP contribution in [-0.4, -0.2) is 11.9 Å². The number of hydrogen-bond acceptors (Lipinski definition) is 1. The van der Waals surface area contributed by atoms with Crippen LogP contribution in [-0.2, 0) is 4.79 Å². The van der Waals surface area contributed by atoms with E-state index in [9.17, 15) is 4.79 Å². The fraction of sp³-hybridized carbons (Fsp3) is 0.545. The van der Waals surface area contributed by atoms with Crippen molar-refractivity contribution in [3.8, 4) is 0 Å². The molecule has 2 unspecified atom stereocenters. The molecule has 0 radical (unpaired) electrons. The fourth-order valence-electron chi connectivity index (χ4n) is 3.36. The first-order chi connectivity index (χ1) is 6.36. The molecule has 0 aromatic heterocycles. The molecule has 66 valence electrons. The number of carbonyl (C=O) groups is 1.